The highest BCUT2D eigenvalue weighted by atomic mass is 79.9. The molecule has 1 aromatic heterocycles. The predicted octanol–water partition coefficient (Wildman–Crippen LogP) is 4.70. The van der Waals surface area contributed by atoms with E-state index in [2.05, 4.69) is 26.2 Å². The van der Waals surface area contributed by atoms with Gasteiger partial charge in [-0.2, -0.15) is 13.2 Å². The summed E-state index contributed by atoms with van der Waals surface area (Å²) < 4.78 is 39.8. The Kier molecular flexibility index (Phi) is 4.82. The molecule has 0 aliphatic heterocycles. The van der Waals surface area contributed by atoms with Gasteiger partial charge in [0.15, 0.2) is 5.69 Å². The van der Waals surface area contributed by atoms with Crippen molar-refractivity contribution in [3.8, 4) is 10.6 Å². The quantitative estimate of drug-likeness (QED) is 0.850. The molecular formula is C13H12BrF3N2S. The third-order valence-electron chi connectivity index (χ3n) is 2.61. The molecular weight excluding hydrogens is 353 g/mol. The fourth-order valence-electron chi connectivity index (χ4n) is 1.68. The van der Waals surface area contributed by atoms with Gasteiger partial charge in [0.2, 0.25) is 0 Å². The molecule has 108 valence electrons. The lowest BCUT2D eigenvalue weighted by Crippen LogP contribution is -2.15. The average molecular weight is 365 g/mol. The highest BCUT2D eigenvalue weighted by Gasteiger charge is 2.37. The van der Waals surface area contributed by atoms with E-state index in [1.807, 2.05) is 13.0 Å². The number of rotatable bonds is 4. The maximum atomic E-state index is 13.0. The monoisotopic (exact) mass is 364 g/mol. The lowest BCUT2D eigenvalue weighted by atomic mass is 10.2. The van der Waals surface area contributed by atoms with Crippen LogP contribution in [0.3, 0.4) is 0 Å². The van der Waals surface area contributed by atoms with Crippen molar-refractivity contribution in [2.75, 3.05) is 6.54 Å². The predicted molar refractivity (Wildman–Crippen MR) is 77.6 cm³/mol. The number of thiazole rings is 1. The summed E-state index contributed by atoms with van der Waals surface area (Å²) in [6.45, 7) is 2.63. The Morgan fingerprint density at radius 3 is 2.60 bits per heavy atom. The van der Waals surface area contributed by atoms with Crippen molar-refractivity contribution in [1.29, 1.82) is 0 Å². The molecule has 2 nitrogen and oxygen atoms in total. The van der Waals surface area contributed by atoms with Gasteiger partial charge in [-0.3, -0.25) is 0 Å². The molecule has 0 saturated heterocycles. The Hall–Kier alpha value is -0.920. The minimum Gasteiger partial charge on any atom is -0.312 e. The van der Waals surface area contributed by atoms with Crippen molar-refractivity contribution in [3.05, 3.63) is 39.3 Å². The number of aromatic nitrogens is 1. The number of benzene rings is 1. The van der Waals surface area contributed by atoms with Crippen LogP contribution in [0.2, 0.25) is 0 Å². The van der Waals surface area contributed by atoms with Gasteiger partial charge >= 0.3 is 6.18 Å². The van der Waals surface area contributed by atoms with E-state index in [1.165, 1.54) is 0 Å². The van der Waals surface area contributed by atoms with Crippen molar-refractivity contribution in [2.45, 2.75) is 19.6 Å². The maximum Gasteiger partial charge on any atom is 0.434 e. The van der Waals surface area contributed by atoms with E-state index in [1.54, 1.807) is 18.2 Å². The molecule has 2 rings (SSSR count). The summed E-state index contributed by atoms with van der Waals surface area (Å²) in [6, 6.07) is 7.12. The molecule has 0 unspecified atom stereocenters. The molecule has 0 atom stereocenters. The van der Waals surface area contributed by atoms with Gasteiger partial charge in [-0.05, 0) is 12.6 Å². The molecule has 0 saturated carbocycles. The van der Waals surface area contributed by atoms with Crippen LogP contribution in [0.1, 0.15) is 17.5 Å². The van der Waals surface area contributed by atoms with Crippen molar-refractivity contribution >= 4 is 27.3 Å². The van der Waals surface area contributed by atoms with E-state index in [9.17, 15) is 13.2 Å². The molecule has 0 radical (unpaired) electrons. The molecule has 1 heterocycles. The Morgan fingerprint density at radius 2 is 2.00 bits per heavy atom. The number of alkyl halides is 3. The largest absolute Gasteiger partial charge is 0.434 e. The van der Waals surface area contributed by atoms with Crippen LogP contribution in [0.5, 0.6) is 0 Å². The van der Waals surface area contributed by atoms with Gasteiger partial charge in [-0.1, -0.05) is 41.1 Å². The lowest BCUT2D eigenvalue weighted by Gasteiger charge is -2.05. The Labute approximate surface area is 127 Å². The number of hydrogen-bond donors (Lipinski definition) is 1. The van der Waals surface area contributed by atoms with Crippen LogP contribution in [-0.4, -0.2) is 11.5 Å². The normalized spacial score (nSPS) is 11.8. The van der Waals surface area contributed by atoms with Crippen LogP contribution >= 0.6 is 27.3 Å². The van der Waals surface area contributed by atoms with Crippen LogP contribution in [-0.2, 0) is 12.7 Å². The number of halogens is 4. The van der Waals surface area contributed by atoms with Gasteiger partial charge in [-0.25, -0.2) is 4.98 Å². The molecule has 7 heteroatoms. The topological polar surface area (TPSA) is 24.9 Å². The highest BCUT2D eigenvalue weighted by molar-refractivity contribution is 9.10. The van der Waals surface area contributed by atoms with Crippen molar-refractivity contribution in [3.63, 3.8) is 0 Å². The SMILES string of the molecule is CCNCc1sc(-c2ccccc2Br)nc1C(F)(F)F. The summed E-state index contributed by atoms with van der Waals surface area (Å²) in [5, 5.41) is 3.29. The molecule has 1 N–H and O–H groups in total. The minimum absolute atomic E-state index is 0.174. The molecule has 2 aromatic rings. The van der Waals surface area contributed by atoms with Crippen LogP contribution < -0.4 is 5.32 Å². The van der Waals surface area contributed by atoms with Gasteiger partial charge in [0.25, 0.3) is 0 Å². The smallest absolute Gasteiger partial charge is 0.312 e. The van der Waals surface area contributed by atoms with Crippen LogP contribution in [0.15, 0.2) is 28.7 Å². The Balaban J connectivity index is 2.46. The summed E-state index contributed by atoms with van der Waals surface area (Å²) in [5.41, 5.74) is -0.125. The highest BCUT2D eigenvalue weighted by Crippen LogP contribution is 2.39. The minimum atomic E-state index is -4.43. The second-order valence-electron chi connectivity index (χ2n) is 4.05. The molecule has 0 amide bonds. The first-order chi connectivity index (χ1) is 9.43. The molecule has 1 aromatic carbocycles. The van der Waals surface area contributed by atoms with Crippen molar-refractivity contribution in [1.82, 2.24) is 10.3 Å². The molecule has 0 fully saturated rings. The standard InChI is InChI=1S/C13H12BrF3N2S/c1-2-18-7-10-11(13(15,16)17)19-12(20-10)8-5-3-4-6-9(8)14/h3-6,18H,2,7H2,1H3. The van der Waals surface area contributed by atoms with Gasteiger partial charge in [0.05, 0.1) is 4.88 Å². The van der Waals surface area contributed by atoms with E-state index in [0.29, 0.717) is 17.1 Å². The molecule has 0 spiro atoms. The maximum absolute atomic E-state index is 13.0. The first-order valence-corrected chi connectivity index (χ1v) is 7.57. The first-order valence-electron chi connectivity index (χ1n) is 5.96. The zero-order chi connectivity index (χ0) is 14.8. The first kappa shape index (κ1) is 15.5. The zero-order valence-electron chi connectivity index (χ0n) is 10.6. The van der Waals surface area contributed by atoms with Gasteiger partial charge in [-0.15, -0.1) is 11.3 Å². The zero-order valence-corrected chi connectivity index (χ0v) is 13.0. The van der Waals surface area contributed by atoms with E-state index >= 15 is 0 Å². The van der Waals surface area contributed by atoms with Crippen molar-refractivity contribution in [2.24, 2.45) is 0 Å². The van der Waals surface area contributed by atoms with Crippen LogP contribution in [0.25, 0.3) is 10.6 Å². The van der Waals surface area contributed by atoms with E-state index in [0.717, 1.165) is 15.8 Å². The van der Waals surface area contributed by atoms with Gasteiger partial charge in [0, 0.05) is 16.6 Å². The lowest BCUT2D eigenvalue weighted by molar-refractivity contribution is -0.141. The summed E-state index contributed by atoms with van der Waals surface area (Å²) in [7, 11) is 0. The summed E-state index contributed by atoms with van der Waals surface area (Å²) >= 11 is 4.41. The second-order valence-corrected chi connectivity index (χ2v) is 5.99. The molecule has 20 heavy (non-hydrogen) atoms. The fourth-order valence-corrected chi connectivity index (χ4v) is 3.38. The Morgan fingerprint density at radius 1 is 1.30 bits per heavy atom. The third kappa shape index (κ3) is 3.39. The van der Waals surface area contributed by atoms with Crippen molar-refractivity contribution < 1.29 is 13.2 Å². The number of nitrogens with zero attached hydrogens (tertiary/aromatic N) is 1. The van der Waals surface area contributed by atoms with Gasteiger partial charge < -0.3 is 5.32 Å². The van der Waals surface area contributed by atoms with E-state index in [4.69, 9.17) is 0 Å². The summed E-state index contributed by atoms with van der Waals surface area (Å²) in [4.78, 5) is 4.00. The number of hydrogen-bond acceptors (Lipinski definition) is 3. The number of nitrogens with one attached hydrogen (secondary N) is 1. The van der Waals surface area contributed by atoms with E-state index in [-0.39, 0.29) is 11.4 Å². The molecule has 0 bridgehead atoms. The van der Waals surface area contributed by atoms with Crippen LogP contribution in [0.4, 0.5) is 13.2 Å². The molecule has 0 aliphatic carbocycles. The molecule has 0 aliphatic rings. The van der Waals surface area contributed by atoms with Crippen LogP contribution in [0, 0.1) is 0 Å². The third-order valence-corrected chi connectivity index (χ3v) is 4.39. The van der Waals surface area contributed by atoms with Gasteiger partial charge in [0.1, 0.15) is 5.01 Å². The van der Waals surface area contributed by atoms with E-state index < -0.39 is 11.9 Å². The Bertz CT molecular complexity index is 596. The summed E-state index contributed by atoms with van der Waals surface area (Å²) in [6.07, 6.45) is -4.43. The fraction of sp³-hybridized carbons (Fsp3) is 0.308. The summed E-state index contributed by atoms with van der Waals surface area (Å²) in [5.74, 6) is 0. The second kappa shape index (κ2) is 6.24. The average Bonchev–Trinajstić information content (AvgIpc) is 2.80.